The summed E-state index contributed by atoms with van der Waals surface area (Å²) < 4.78 is 0. The Morgan fingerprint density at radius 1 is 1.21 bits per heavy atom. The maximum Gasteiger partial charge on any atom is 0.225 e. The molecule has 1 aromatic heterocycles. The lowest BCUT2D eigenvalue weighted by Crippen LogP contribution is -2.42. The van der Waals surface area contributed by atoms with Gasteiger partial charge in [0.1, 0.15) is 5.82 Å². The van der Waals surface area contributed by atoms with Crippen molar-refractivity contribution in [1.29, 1.82) is 0 Å². The Morgan fingerprint density at radius 2 is 1.96 bits per heavy atom. The summed E-state index contributed by atoms with van der Waals surface area (Å²) in [5.74, 6) is 0.770. The van der Waals surface area contributed by atoms with Crippen molar-refractivity contribution in [3.8, 4) is 0 Å². The minimum atomic E-state index is -0.742. The number of piperidine rings is 1. The minimum absolute atomic E-state index is 0.00399. The van der Waals surface area contributed by atoms with Crippen LogP contribution in [0.25, 0.3) is 0 Å². The summed E-state index contributed by atoms with van der Waals surface area (Å²) in [5, 5.41) is 21.4. The summed E-state index contributed by atoms with van der Waals surface area (Å²) in [4.78, 5) is 14.2. The van der Waals surface area contributed by atoms with Crippen molar-refractivity contribution in [2.75, 3.05) is 18.4 Å². The molecule has 1 amide bonds. The highest BCUT2D eigenvalue weighted by Gasteiger charge is 2.24. The zero-order chi connectivity index (χ0) is 16.8. The van der Waals surface area contributed by atoms with Crippen molar-refractivity contribution < 1.29 is 9.90 Å². The number of anilines is 1. The standard InChI is InChI=1S/C18H22N4O2/c23-16(14-5-2-1-3-6-14)13-18(24)22-11-8-15(9-12-22)20-17-7-4-10-19-21-17/h1-7,10,15-16,23H,8-9,11-13H2,(H,20,21). The Hall–Kier alpha value is -2.47. The van der Waals surface area contributed by atoms with Crippen molar-refractivity contribution in [3.05, 3.63) is 54.2 Å². The van der Waals surface area contributed by atoms with E-state index in [0.29, 0.717) is 19.1 Å². The predicted octanol–water partition coefficient (Wildman–Crippen LogP) is 2.00. The normalized spacial score (nSPS) is 16.6. The molecule has 0 radical (unpaired) electrons. The van der Waals surface area contributed by atoms with Crippen LogP contribution in [0.15, 0.2) is 48.7 Å². The lowest BCUT2D eigenvalue weighted by atomic mass is 10.0. The van der Waals surface area contributed by atoms with Crippen LogP contribution in [-0.4, -0.2) is 45.2 Å². The average molecular weight is 326 g/mol. The molecule has 2 N–H and O–H groups in total. The summed E-state index contributed by atoms with van der Waals surface area (Å²) in [5.41, 5.74) is 0.782. The number of nitrogens with zero attached hydrogens (tertiary/aromatic N) is 3. The van der Waals surface area contributed by atoms with Crippen LogP contribution in [0, 0.1) is 0 Å². The molecule has 24 heavy (non-hydrogen) atoms. The molecule has 0 spiro atoms. The molecule has 0 aliphatic carbocycles. The Bertz CT molecular complexity index is 643. The Balaban J connectivity index is 1.47. The van der Waals surface area contributed by atoms with Crippen LogP contribution in [0.3, 0.4) is 0 Å². The van der Waals surface area contributed by atoms with Gasteiger partial charge in [0.2, 0.25) is 5.91 Å². The third-order valence-electron chi connectivity index (χ3n) is 4.32. The van der Waals surface area contributed by atoms with Gasteiger partial charge in [-0.15, -0.1) is 5.10 Å². The van der Waals surface area contributed by atoms with Crippen LogP contribution in [0.2, 0.25) is 0 Å². The van der Waals surface area contributed by atoms with E-state index in [-0.39, 0.29) is 12.3 Å². The second-order valence-electron chi connectivity index (χ2n) is 6.04. The molecule has 0 bridgehead atoms. The van der Waals surface area contributed by atoms with E-state index in [2.05, 4.69) is 15.5 Å². The number of aliphatic hydroxyl groups is 1. The number of benzene rings is 1. The third-order valence-corrected chi connectivity index (χ3v) is 4.32. The van der Waals surface area contributed by atoms with Crippen molar-refractivity contribution in [2.24, 2.45) is 0 Å². The van der Waals surface area contributed by atoms with Crippen LogP contribution in [-0.2, 0) is 4.79 Å². The maximum absolute atomic E-state index is 12.4. The first-order chi connectivity index (χ1) is 11.7. The average Bonchev–Trinajstić information content (AvgIpc) is 2.64. The SMILES string of the molecule is O=C(CC(O)c1ccccc1)N1CCC(Nc2cccnn2)CC1. The van der Waals surface area contributed by atoms with Crippen molar-refractivity contribution in [2.45, 2.75) is 31.4 Å². The number of hydrogen-bond acceptors (Lipinski definition) is 5. The number of rotatable bonds is 5. The highest BCUT2D eigenvalue weighted by molar-refractivity contribution is 5.77. The number of nitrogens with one attached hydrogen (secondary N) is 1. The first-order valence-electron chi connectivity index (χ1n) is 8.27. The van der Waals surface area contributed by atoms with E-state index in [1.54, 1.807) is 6.20 Å². The quantitative estimate of drug-likeness (QED) is 0.879. The molecule has 126 valence electrons. The van der Waals surface area contributed by atoms with Gasteiger partial charge < -0.3 is 15.3 Å². The molecule has 1 aliphatic rings. The molecule has 6 nitrogen and oxygen atoms in total. The van der Waals surface area contributed by atoms with Gasteiger partial charge in [-0.05, 0) is 30.5 Å². The Morgan fingerprint density at radius 3 is 2.62 bits per heavy atom. The molecule has 0 saturated carbocycles. The highest BCUT2D eigenvalue weighted by atomic mass is 16.3. The summed E-state index contributed by atoms with van der Waals surface area (Å²) in [6.07, 6.45) is 2.76. The predicted molar refractivity (Wildman–Crippen MR) is 91.3 cm³/mol. The van der Waals surface area contributed by atoms with Gasteiger partial charge in [0.05, 0.1) is 12.5 Å². The summed E-state index contributed by atoms with van der Waals surface area (Å²) in [6, 6.07) is 13.3. The third kappa shape index (κ3) is 4.29. The Labute approximate surface area is 141 Å². The van der Waals surface area contributed by atoms with E-state index >= 15 is 0 Å². The van der Waals surface area contributed by atoms with Crippen LogP contribution in [0.4, 0.5) is 5.82 Å². The summed E-state index contributed by atoms with van der Waals surface area (Å²) in [7, 11) is 0. The van der Waals surface area contributed by atoms with Crippen molar-refractivity contribution in [3.63, 3.8) is 0 Å². The molecule has 1 aromatic carbocycles. The molecular formula is C18H22N4O2. The van der Waals surface area contributed by atoms with E-state index in [1.807, 2.05) is 47.4 Å². The molecule has 1 aliphatic heterocycles. The first kappa shape index (κ1) is 16.4. The zero-order valence-electron chi connectivity index (χ0n) is 13.5. The van der Waals surface area contributed by atoms with Crippen LogP contribution in [0.1, 0.15) is 30.9 Å². The molecule has 2 heterocycles. The number of carbonyl (C=O) groups is 1. The number of carbonyl (C=O) groups excluding carboxylic acids is 1. The summed E-state index contributed by atoms with van der Waals surface area (Å²) >= 11 is 0. The Kier molecular flexibility index (Phi) is 5.38. The van der Waals surface area contributed by atoms with Gasteiger partial charge in [-0.1, -0.05) is 30.3 Å². The van der Waals surface area contributed by atoms with E-state index in [9.17, 15) is 9.90 Å². The van der Waals surface area contributed by atoms with Crippen LogP contribution >= 0.6 is 0 Å². The van der Waals surface area contributed by atoms with Crippen molar-refractivity contribution >= 4 is 11.7 Å². The minimum Gasteiger partial charge on any atom is -0.388 e. The number of amides is 1. The number of hydrogen-bond donors (Lipinski definition) is 2. The smallest absolute Gasteiger partial charge is 0.225 e. The summed E-state index contributed by atoms with van der Waals surface area (Å²) in [6.45, 7) is 1.39. The number of aliphatic hydroxyl groups excluding tert-OH is 1. The molecule has 1 fully saturated rings. The van der Waals surface area contributed by atoms with Gasteiger partial charge in [-0.25, -0.2) is 0 Å². The molecule has 2 aromatic rings. The van der Waals surface area contributed by atoms with E-state index in [0.717, 1.165) is 24.2 Å². The topological polar surface area (TPSA) is 78.4 Å². The fourth-order valence-corrected chi connectivity index (χ4v) is 2.95. The molecule has 1 atom stereocenters. The molecule has 3 rings (SSSR count). The lowest BCUT2D eigenvalue weighted by Gasteiger charge is -2.33. The van der Waals surface area contributed by atoms with Crippen molar-refractivity contribution in [1.82, 2.24) is 15.1 Å². The van der Waals surface area contributed by atoms with Gasteiger partial charge in [0, 0.05) is 25.3 Å². The molecule has 6 heteroatoms. The monoisotopic (exact) mass is 326 g/mol. The molecule has 1 saturated heterocycles. The number of aromatic nitrogens is 2. The van der Waals surface area contributed by atoms with Crippen LogP contribution < -0.4 is 5.32 Å². The van der Waals surface area contributed by atoms with Gasteiger partial charge in [-0.2, -0.15) is 5.10 Å². The van der Waals surface area contributed by atoms with E-state index < -0.39 is 6.10 Å². The molecule has 1 unspecified atom stereocenters. The van der Waals surface area contributed by atoms with Gasteiger partial charge in [0.15, 0.2) is 0 Å². The highest BCUT2D eigenvalue weighted by Crippen LogP contribution is 2.20. The fourth-order valence-electron chi connectivity index (χ4n) is 2.95. The maximum atomic E-state index is 12.4. The first-order valence-corrected chi connectivity index (χ1v) is 8.27. The van der Waals surface area contributed by atoms with Gasteiger partial charge >= 0.3 is 0 Å². The van der Waals surface area contributed by atoms with Gasteiger partial charge in [-0.3, -0.25) is 4.79 Å². The van der Waals surface area contributed by atoms with E-state index in [1.165, 1.54) is 0 Å². The second-order valence-corrected chi connectivity index (χ2v) is 6.04. The zero-order valence-corrected chi connectivity index (χ0v) is 13.5. The molecular weight excluding hydrogens is 304 g/mol. The second kappa shape index (κ2) is 7.88. The largest absolute Gasteiger partial charge is 0.388 e. The van der Waals surface area contributed by atoms with Gasteiger partial charge in [0.25, 0.3) is 0 Å². The van der Waals surface area contributed by atoms with Crippen LogP contribution in [0.5, 0.6) is 0 Å². The van der Waals surface area contributed by atoms with E-state index in [4.69, 9.17) is 0 Å². The fraction of sp³-hybridized carbons (Fsp3) is 0.389. The lowest BCUT2D eigenvalue weighted by molar-refractivity contribution is -0.134. The number of likely N-dealkylation sites (tertiary alicyclic amines) is 1.